The largest absolute Gasteiger partial charge is 0.465 e. The highest BCUT2D eigenvalue weighted by Gasteiger charge is 2.49. The Kier molecular flexibility index (Phi) is 12.5. The standard InChI is InChI=1S/C36H49N3O11S/c1-24(2)50-34(41)37-16-9-8-15-36(3,4)22-38(51(44,45)26-12-13-31-32(19-26)49-23-48-31)20-30(40)28(18-25-10-6-5-7-11-25)39(35(42)43)29-21-47-33-27(29)14-17-46-33/h5-7,10-13,19,27-30,33,40H,1,8-9,14-18,20-23H2,2-4H3,(H,37,41)(H,42,43)/t27-,28-,29-,30+,33+/m0/s1. The molecular formula is C36H49N3O11S. The molecule has 0 bridgehead atoms. The number of hydrogen-bond acceptors (Lipinski definition) is 10. The van der Waals surface area contributed by atoms with Gasteiger partial charge >= 0.3 is 12.2 Å². The molecule has 3 aliphatic rings. The molecule has 14 nitrogen and oxygen atoms in total. The zero-order chi connectivity index (χ0) is 36.8. The monoisotopic (exact) mass is 731 g/mol. The molecule has 3 N–H and O–H groups in total. The van der Waals surface area contributed by atoms with E-state index < -0.39 is 52.1 Å². The minimum atomic E-state index is -4.25. The van der Waals surface area contributed by atoms with E-state index in [2.05, 4.69) is 11.9 Å². The topological polar surface area (TPSA) is 173 Å². The number of aliphatic hydroxyl groups is 1. The van der Waals surface area contributed by atoms with E-state index in [0.29, 0.717) is 50.3 Å². The summed E-state index contributed by atoms with van der Waals surface area (Å²) in [5.41, 5.74) is 0.202. The molecule has 2 saturated heterocycles. The number of benzene rings is 2. The molecule has 2 amide bonds. The molecule has 5 atom stereocenters. The molecule has 5 rings (SSSR count). The van der Waals surface area contributed by atoms with Gasteiger partial charge in [0.2, 0.25) is 16.8 Å². The summed E-state index contributed by atoms with van der Waals surface area (Å²) in [6, 6.07) is 12.0. The number of ether oxygens (including phenoxy) is 5. The van der Waals surface area contributed by atoms with Crippen LogP contribution in [0.15, 0.2) is 65.8 Å². The summed E-state index contributed by atoms with van der Waals surface area (Å²) < 4.78 is 57.4. The predicted molar refractivity (Wildman–Crippen MR) is 186 cm³/mol. The lowest BCUT2D eigenvalue weighted by molar-refractivity contribution is -0.0906. The first-order chi connectivity index (χ1) is 24.2. The zero-order valence-corrected chi connectivity index (χ0v) is 30.2. The number of carbonyl (C=O) groups is 2. The molecule has 3 heterocycles. The molecule has 0 spiro atoms. The van der Waals surface area contributed by atoms with Crippen LogP contribution in [0.2, 0.25) is 0 Å². The average Bonchev–Trinajstić information content (AvgIpc) is 3.82. The molecule has 2 aromatic carbocycles. The molecule has 0 radical (unpaired) electrons. The van der Waals surface area contributed by atoms with Crippen LogP contribution in [-0.2, 0) is 30.7 Å². The number of nitrogens with one attached hydrogen (secondary N) is 1. The van der Waals surface area contributed by atoms with Gasteiger partial charge in [0, 0.05) is 31.6 Å². The van der Waals surface area contributed by atoms with Crippen molar-refractivity contribution in [1.29, 1.82) is 0 Å². The van der Waals surface area contributed by atoms with Crippen molar-refractivity contribution >= 4 is 22.2 Å². The number of carbonyl (C=O) groups excluding carboxylic acids is 1. The molecule has 0 aliphatic carbocycles. The number of sulfonamides is 1. The number of rotatable bonds is 17. The molecule has 2 aromatic rings. The third-order valence-electron chi connectivity index (χ3n) is 9.47. The van der Waals surface area contributed by atoms with E-state index in [1.54, 1.807) is 6.92 Å². The molecular weight excluding hydrogens is 682 g/mol. The van der Waals surface area contributed by atoms with Crippen LogP contribution >= 0.6 is 0 Å². The summed E-state index contributed by atoms with van der Waals surface area (Å²) >= 11 is 0. The fourth-order valence-corrected chi connectivity index (χ4v) is 8.63. The maximum Gasteiger partial charge on any atom is 0.412 e. The SMILES string of the molecule is C=C(C)OC(=O)NCCCCC(C)(C)CN(C[C@@H](O)[C@H](Cc1ccccc1)N(C(=O)O)[C@H]1CO[C@H]2OCC[C@H]21)S(=O)(=O)c1ccc2c(c1)OCO2. The predicted octanol–water partition coefficient (Wildman–Crippen LogP) is 4.58. The first kappa shape index (κ1) is 38.3. The molecule has 51 heavy (non-hydrogen) atoms. The van der Waals surface area contributed by atoms with Crippen LogP contribution in [0.5, 0.6) is 11.5 Å². The number of alkyl carbamates (subject to hydrolysis) is 1. The Morgan fingerprint density at radius 3 is 2.57 bits per heavy atom. The number of nitrogens with zero attached hydrogens (tertiary/aromatic N) is 2. The van der Waals surface area contributed by atoms with Gasteiger partial charge in [-0.25, -0.2) is 18.0 Å². The summed E-state index contributed by atoms with van der Waals surface area (Å²) in [6.45, 7) is 9.51. The van der Waals surface area contributed by atoms with E-state index in [9.17, 15) is 28.2 Å². The van der Waals surface area contributed by atoms with Crippen LogP contribution in [0.4, 0.5) is 9.59 Å². The van der Waals surface area contributed by atoms with Gasteiger partial charge in [-0.15, -0.1) is 0 Å². The van der Waals surface area contributed by atoms with Crippen LogP contribution in [0.3, 0.4) is 0 Å². The number of hydrogen-bond donors (Lipinski definition) is 3. The Bertz CT molecular complexity index is 1640. The summed E-state index contributed by atoms with van der Waals surface area (Å²) in [5, 5.41) is 25.4. The molecule has 15 heteroatoms. The van der Waals surface area contributed by atoms with Crippen LogP contribution in [0.1, 0.15) is 52.0 Å². The highest BCUT2D eigenvalue weighted by molar-refractivity contribution is 7.89. The number of amides is 2. The smallest absolute Gasteiger partial charge is 0.412 e. The van der Waals surface area contributed by atoms with Crippen molar-refractivity contribution in [1.82, 2.24) is 14.5 Å². The molecule has 0 aromatic heterocycles. The lowest BCUT2D eigenvalue weighted by Gasteiger charge is -2.40. The fraction of sp³-hybridized carbons (Fsp3) is 0.556. The van der Waals surface area contributed by atoms with Gasteiger partial charge in [0.25, 0.3) is 0 Å². The van der Waals surface area contributed by atoms with Crippen molar-refractivity contribution in [3.05, 3.63) is 66.4 Å². The Labute approximate surface area is 299 Å². The highest BCUT2D eigenvalue weighted by Crippen LogP contribution is 2.38. The first-order valence-electron chi connectivity index (χ1n) is 17.2. The lowest BCUT2D eigenvalue weighted by atomic mass is 9.87. The molecule has 280 valence electrons. The van der Waals surface area contributed by atoms with Crippen LogP contribution in [0.25, 0.3) is 0 Å². The number of allylic oxidation sites excluding steroid dienone is 1. The Balaban J connectivity index is 1.40. The number of fused-ring (bicyclic) bond motifs is 2. The third kappa shape index (κ3) is 9.71. The number of carboxylic acid groups (broad SMARTS) is 1. The fourth-order valence-electron chi connectivity index (χ4n) is 6.97. The van der Waals surface area contributed by atoms with E-state index in [0.717, 1.165) is 5.56 Å². The zero-order valence-electron chi connectivity index (χ0n) is 29.4. The molecule has 2 fully saturated rings. The summed E-state index contributed by atoms with van der Waals surface area (Å²) in [4.78, 5) is 26.1. The average molecular weight is 732 g/mol. The van der Waals surface area contributed by atoms with Gasteiger partial charge in [-0.05, 0) is 55.7 Å². The lowest BCUT2D eigenvalue weighted by Crippen LogP contribution is -2.58. The van der Waals surface area contributed by atoms with Gasteiger partial charge in [0.05, 0.1) is 42.1 Å². The second-order valence-corrected chi connectivity index (χ2v) is 16.0. The molecule has 3 aliphatic heterocycles. The number of unbranched alkanes of at least 4 members (excludes halogenated alkanes) is 1. The van der Waals surface area contributed by atoms with Gasteiger partial charge in [0.1, 0.15) is 0 Å². The molecule has 0 saturated carbocycles. The molecule has 0 unspecified atom stereocenters. The minimum Gasteiger partial charge on any atom is -0.465 e. The van der Waals surface area contributed by atoms with E-state index in [-0.39, 0.29) is 49.5 Å². The maximum absolute atomic E-state index is 14.5. The summed E-state index contributed by atoms with van der Waals surface area (Å²) in [6.07, 6.45) is -1.15. The van der Waals surface area contributed by atoms with Crippen LogP contribution in [-0.4, -0.2) is 104 Å². The van der Waals surface area contributed by atoms with Crippen molar-refractivity contribution in [2.45, 2.75) is 82.2 Å². The summed E-state index contributed by atoms with van der Waals surface area (Å²) in [5.74, 6) is 0.790. The van der Waals surface area contributed by atoms with Crippen molar-refractivity contribution in [2.24, 2.45) is 11.3 Å². The van der Waals surface area contributed by atoms with Crippen molar-refractivity contribution in [2.75, 3.05) is 39.6 Å². The maximum atomic E-state index is 14.5. The Hall–Kier alpha value is -3.89. The Morgan fingerprint density at radius 2 is 1.84 bits per heavy atom. The van der Waals surface area contributed by atoms with Gasteiger partial charge < -0.3 is 39.2 Å². The van der Waals surface area contributed by atoms with E-state index in [1.807, 2.05) is 44.2 Å². The first-order valence-corrected chi connectivity index (χ1v) is 18.7. The van der Waals surface area contributed by atoms with Gasteiger partial charge in [-0.1, -0.05) is 57.2 Å². The summed E-state index contributed by atoms with van der Waals surface area (Å²) in [7, 11) is -4.25. The Morgan fingerprint density at radius 1 is 1.10 bits per heavy atom. The minimum absolute atomic E-state index is 0.0160. The van der Waals surface area contributed by atoms with E-state index in [4.69, 9.17) is 23.7 Å². The normalized spacial score (nSPS) is 20.8. The van der Waals surface area contributed by atoms with E-state index in [1.165, 1.54) is 27.4 Å². The van der Waals surface area contributed by atoms with Crippen molar-refractivity contribution < 1.29 is 51.9 Å². The van der Waals surface area contributed by atoms with Crippen molar-refractivity contribution in [3.63, 3.8) is 0 Å². The van der Waals surface area contributed by atoms with Crippen LogP contribution in [0, 0.1) is 11.3 Å². The van der Waals surface area contributed by atoms with E-state index >= 15 is 0 Å². The second kappa shape index (κ2) is 16.6. The second-order valence-electron chi connectivity index (χ2n) is 14.1. The van der Waals surface area contributed by atoms with Gasteiger partial charge in [0.15, 0.2) is 17.8 Å². The van der Waals surface area contributed by atoms with Crippen molar-refractivity contribution in [3.8, 4) is 11.5 Å². The van der Waals surface area contributed by atoms with Gasteiger partial charge in [-0.3, -0.25) is 4.90 Å². The quantitative estimate of drug-likeness (QED) is 0.154. The highest BCUT2D eigenvalue weighted by atomic mass is 32.2. The van der Waals surface area contributed by atoms with Gasteiger partial charge in [-0.2, -0.15) is 4.31 Å². The van der Waals surface area contributed by atoms with Crippen LogP contribution < -0.4 is 14.8 Å². The number of aliphatic hydroxyl groups excluding tert-OH is 1. The third-order valence-corrected chi connectivity index (χ3v) is 11.3.